The van der Waals surface area contributed by atoms with Gasteiger partial charge < -0.3 is 16.0 Å². The van der Waals surface area contributed by atoms with E-state index in [-0.39, 0.29) is 17.7 Å². The van der Waals surface area contributed by atoms with Gasteiger partial charge in [-0.05, 0) is 42.7 Å². The summed E-state index contributed by atoms with van der Waals surface area (Å²) >= 11 is 0. The lowest BCUT2D eigenvalue weighted by Gasteiger charge is -2.31. The molecule has 1 aliphatic carbocycles. The van der Waals surface area contributed by atoms with Crippen molar-refractivity contribution < 1.29 is 9.59 Å². The molecule has 3 N–H and O–H groups in total. The lowest BCUT2D eigenvalue weighted by molar-refractivity contribution is -0.139. The molecule has 0 aromatic heterocycles. The third-order valence-electron chi connectivity index (χ3n) is 7.09. The van der Waals surface area contributed by atoms with Crippen LogP contribution in [0.15, 0.2) is 60.7 Å². The number of hydrogen-bond acceptors (Lipinski definition) is 3. The average Bonchev–Trinajstić information content (AvgIpc) is 3.34. The second-order valence-electron chi connectivity index (χ2n) is 9.26. The Bertz CT molecular complexity index is 841. The summed E-state index contributed by atoms with van der Waals surface area (Å²) < 4.78 is 0. The second kappa shape index (κ2) is 10.8. The molecule has 1 aliphatic heterocycles. The molecule has 1 saturated carbocycles. The molecule has 1 unspecified atom stereocenters. The zero-order chi connectivity index (χ0) is 22.3. The Kier molecular flexibility index (Phi) is 7.59. The quantitative estimate of drug-likeness (QED) is 0.697. The molecule has 2 amide bonds. The smallest absolute Gasteiger partial charge is 0.242 e. The van der Waals surface area contributed by atoms with Crippen LogP contribution in [-0.2, 0) is 9.59 Å². The molecule has 32 heavy (non-hydrogen) atoms. The summed E-state index contributed by atoms with van der Waals surface area (Å²) in [5.74, 6) is 0.153. The van der Waals surface area contributed by atoms with Crippen LogP contribution in [0.4, 0.5) is 0 Å². The van der Waals surface area contributed by atoms with E-state index < -0.39 is 12.1 Å². The van der Waals surface area contributed by atoms with Gasteiger partial charge in [-0.1, -0.05) is 79.9 Å². The highest BCUT2D eigenvalue weighted by Gasteiger charge is 2.39. The van der Waals surface area contributed by atoms with E-state index in [4.69, 9.17) is 5.73 Å². The van der Waals surface area contributed by atoms with Crippen LogP contribution in [0.1, 0.15) is 62.0 Å². The van der Waals surface area contributed by atoms with Crippen molar-refractivity contribution in [1.29, 1.82) is 0 Å². The summed E-state index contributed by atoms with van der Waals surface area (Å²) in [4.78, 5) is 28.3. The topological polar surface area (TPSA) is 75.4 Å². The van der Waals surface area contributed by atoms with Crippen molar-refractivity contribution in [1.82, 2.24) is 10.2 Å². The van der Waals surface area contributed by atoms with E-state index in [9.17, 15) is 9.59 Å². The molecule has 0 spiro atoms. The van der Waals surface area contributed by atoms with Gasteiger partial charge in [-0.2, -0.15) is 0 Å². The molecule has 1 saturated heterocycles. The fourth-order valence-electron chi connectivity index (χ4n) is 5.32. The van der Waals surface area contributed by atoms with Crippen molar-refractivity contribution in [2.75, 3.05) is 13.1 Å². The van der Waals surface area contributed by atoms with Crippen molar-refractivity contribution in [3.8, 4) is 0 Å². The van der Waals surface area contributed by atoms with Crippen LogP contribution in [0.3, 0.4) is 0 Å². The van der Waals surface area contributed by atoms with Gasteiger partial charge in [0.05, 0.1) is 6.04 Å². The summed E-state index contributed by atoms with van der Waals surface area (Å²) in [5, 5.41) is 3.14. The zero-order valence-corrected chi connectivity index (χ0v) is 18.8. The van der Waals surface area contributed by atoms with Gasteiger partial charge >= 0.3 is 0 Å². The van der Waals surface area contributed by atoms with Crippen LogP contribution >= 0.6 is 0 Å². The van der Waals surface area contributed by atoms with Gasteiger partial charge in [-0.3, -0.25) is 9.59 Å². The maximum Gasteiger partial charge on any atom is 0.242 e. The molecule has 5 heteroatoms. The number of carbonyl (C=O) groups is 2. The second-order valence-corrected chi connectivity index (χ2v) is 9.26. The summed E-state index contributed by atoms with van der Waals surface area (Å²) in [6.07, 6.45) is 7.73. The van der Waals surface area contributed by atoms with Crippen molar-refractivity contribution in [3.63, 3.8) is 0 Å². The fourth-order valence-corrected chi connectivity index (χ4v) is 5.32. The molecule has 2 atom stereocenters. The molecule has 2 aliphatic rings. The highest BCUT2D eigenvalue weighted by Crippen LogP contribution is 2.30. The first-order valence-electron chi connectivity index (χ1n) is 12.1. The number of nitrogens with two attached hydrogens (primary N) is 1. The summed E-state index contributed by atoms with van der Waals surface area (Å²) in [7, 11) is 0. The summed E-state index contributed by atoms with van der Waals surface area (Å²) in [5.41, 5.74) is 8.66. The van der Waals surface area contributed by atoms with Gasteiger partial charge in [0, 0.05) is 19.0 Å². The van der Waals surface area contributed by atoms with Crippen LogP contribution in [0, 0.1) is 5.92 Å². The van der Waals surface area contributed by atoms with Gasteiger partial charge in [0.15, 0.2) is 0 Å². The Morgan fingerprint density at radius 1 is 0.875 bits per heavy atom. The molecule has 2 aromatic rings. The van der Waals surface area contributed by atoms with Crippen LogP contribution in [0.25, 0.3) is 0 Å². The number of benzene rings is 2. The number of amides is 2. The summed E-state index contributed by atoms with van der Waals surface area (Å²) in [6.45, 7) is 1.31. The molecular weight excluding hydrogens is 398 g/mol. The molecule has 2 fully saturated rings. The minimum Gasteiger partial charge on any atom is -0.354 e. The van der Waals surface area contributed by atoms with Crippen molar-refractivity contribution >= 4 is 11.8 Å². The van der Waals surface area contributed by atoms with E-state index in [1.165, 1.54) is 32.1 Å². The van der Waals surface area contributed by atoms with Crippen molar-refractivity contribution in [2.45, 2.75) is 62.9 Å². The monoisotopic (exact) mass is 433 g/mol. The maximum atomic E-state index is 13.6. The Balaban J connectivity index is 1.47. The van der Waals surface area contributed by atoms with E-state index in [1.54, 1.807) is 4.90 Å². The molecule has 2 aromatic carbocycles. The number of nitrogens with one attached hydrogen (secondary N) is 1. The minimum atomic E-state index is -0.744. The molecule has 1 heterocycles. The van der Waals surface area contributed by atoms with E-state index in [1.807, 2.05) is 60.7 Å². The van der Waals surface area contributed by atoms with E-state index in [0.717, 1.165) is 24.1 Å². The first-order valence-corrected chi connectivity index (χ1v) is 12.1. The van der Waals surface area contributed by atoms with Crippen LogP contribution in [-0.4, -0.2) is 41.9 Å². The third-order valence-corrected chi connectivity index (χ3v) is 7.09. The average molecular weight is 434 g/mol. The highest BCUT2D eigenvalue weighted by atomic mass is 16.2. The van der Waals surface area contributed by atoms with Crippen LogP contribution in [0.2, 0.25) is 0 Å². The van der Waals surface area contributed by atoms with Gasteiger partial charge in [0.2, 0.25) is 11.8 Å². The predicted molar refractivity (Wildman–Crippen MR) is 127 cm³/mol. The molecule has 5 nitrogen and oxygen atoms in total. The number of carbonyl (C=O) groups excluding carboxylic acids is 2. The molecule has 0 radical (unpaired) electrons. The number of hydrogen-bond donors (Lipinski definition) is 2. The number of rotatable bonds is 7. The maximum absolute atomic E-state index is 13.6. The molecule has 0 bridgehead atoms. The fraction of sp³-hybridized carbons (Fsp3) is 0.481. The van der Waals surface area contributed by atoms with Gasteiger partial charge in [-0.15, -0.1) is 0 Å². The minimum absolute atomic E-state index is 0.0235. The molecular formula is C27H35N3O2. The first-order chi connectivity index (χ1) is 15.6. The van der Waals surface area contributed by atoms with E-state index in [0.29, 0.717) is 18.9 Å². The first kappa shape index (κ1) is 22.5. The summed E-state index contributed by atoms with van der Waals surface area (Å²) in [6, 6.07) is 18.7. The lowest BCUT2D eigenvalue weighted by atomic mass is 9.84. The van der Waals surface area contributed by atoms with Crippen molar-refractivity contribution in [3.05, 3.63) is 71.8 Å². The molecule has 170 valence electrons. The normalized spacial score (nSPS) is 20.3. The van der Waals surface area contributed by atoms with Gasteiger partial charge in [0.25, 0.3) is 0 Å². The Morgan fingerprint density at radius 3 is 2.06 bits per heavy atom. The SMILES string of the molecule is N[C@@H](C(=O)N1CCCC1C(=O)NCC1CCCCC1)C(c1ccccc1)c1ccccc1. The Labute approximate surface area is 191 Å². The van der Waals surface area contributed by atoms with E-state index in [2.05, 4.69) is 5.32 Å². The van der Waals surface area contributed by atoms with E-state index >= 15 is 0 Å². The number of nitrogens with zero attached hydrogens (tertiary/aromatic N) is 1. The largest absolute Gasteiger partial charge is 0.354 e. The van der Waals surface area contributed by atoms with Gasteiger partial charge in [-0.25, -0.2) is 0 Å². The predicted octanol–water partition coefficient (Wildman–Crippen LogP) is 3.83. The van der Waals surface area contributed by atoms with Crippen LogP contribution in [0.5, 0.6) is 0 Å². The molecule has 4 rings (SSSR count). The zero-order valence-electron chi connectivity index (χ0n) is 18.8. The third kappa shape index (κ3) is 5.21. The number of likely N-dealkylation sites (tertiary alicyclic amines) is 1. The van der Waals surface area contributed by atoms with Crippen LogP contribution < -0.4 is 11.1 Å². The Morgan fingerprint density at radius 2 is 1.47 bits per heavy atom. The lowest BCUT2D eigenvalue weighted by Crippen LogP contribution is -2.53. The Hall–Kier alpha value is -2.66. The van der Waals surface area contributed by atoms with Gasteiger partial charge in [0.1, 0.15) is 6.04 Å². The standard InChI is InChI=1S/C27H35N3O2/c28-25(24(21-13-6-2-7-14-21)22-15-8-3-9-16-22)27(32)30-18-10-17-23(30)26(31)29-19-20-11-4-1-5-12-20/h2-3,6-9,13-16,20,23-25H,1,4-5,10-12,17-19,28H2,(H,29,31)/t23?,25-/m1/s1. The highest BCUT2D eigenvalue weighted by molar-refractivity contribution is 5.91. The van der Waals surface area contributed by atoms with Crippen molar-refractivity contribution in [2.24, 2.45) is 11.7 Å².